The first-order valence-corrected chi connectivity index (χ1v) is 10.5. The van der Waals surface area contributed by atoms with Crippen LogP contribution in [0.25, 0.3) is 0 Å². The van der Waals surface area contributed by atoms with E-state index in [9.17, 15) is 9.59 Å². The van der Waals surface area contributed by atoms with Crippen LogP contribution < -0.4 is 15.5 Å². The van der Waals surface area contributed by atoms with Crippen molar-refractivity contribution in [3.8, 4) is 5.75 Å². The van der Waals surface area contributed by atoms with E-state index in [-0.39, 0.29) is 11.8 Å². The van der Waals surface area contributed by atoms with E-state index >= 15 is 0 Å². The number of carbonyl (C=O) groups excluding carboxylic acids is 2. The molecule has 1 aliphatic carbocycles. The normalized spacial score (nSPS) is 23.3. The molecule has 2 amide bonds. The number of ether oxygens (including phenoxy) is 2. The Morgan fingerprint density at radius 3 is 2.24 bits per heavy atom. The van der Waals surface area contributed by atoms with Crippen LogP contribution in [-0.2, 0) is 9.53 Å². The molecule has 0 unspecified atom stereocenters. The largest absolute Gasteiger partial charge is 0.427 e. The third-order valence-corrected chi connectivity index (χ3v) is 5.92. The molecule has 3 rings (SSSR count). The zero-order chi connectivity index (χ0) is 20.9. The summed E-state index contributed by atoms with van der Waals surface area (Å²) in [5.74, 6) is 1.27. The molecule has 0 spiro atoms. The highest BCUT2D eigenvalue weighted by molar-refractivity contribution is 5.92. The lowest BCUT2D eigenvalue weighted by molar-refractivity contribution is -0.121. The van der Waals surface area contributed by atoms with E-state index in [1.165, 1.54) is 0 Å². The summed E-state index contributed by atoms with van der Waals surface area (Å²) < 4.78 is 10.5. The molecule has 7 nitrogen and oxygen atoms in total. The van der Waals surface area contributed by atoms with Crippen LogP contribution in [0, 0.1) is 17.3 Å². The first-order valence-electron chi connectivity index (χ1n) is 10.5. The first-order chi connectivity index (χ1) is 13.8. The van der Waals surface area contributed by atoms with Crippen LogP contribution in [0.3, 0.4) is 0 Å². The summed E-state index contributed by atoms with van der Waals surface area (Å²) in [5.41, 5.74) is 3.72. The number of hydrogen-bond donors (Lipinski definition) is 2. The molecule has 1 heterocycles. The van der Waals surface area contributed by atoms with E-state index in [1.807, 2.05) is 0 Å². The molecule has 1 saturated carbocycles. The van der Waals surface area contributed by atoms with Gasteiger partial charge in [0.25, 0.3) is 0 Å². The lowest BCUT2D eigenvalue weighted by Crippen LogP contribution is -2.49. The van der Waals surface area contributed by atoms with E-state index in [1.54, 1.807) is 29.3 Å². The van der Waals surface area contributed by atoms with Crippen LogP contribution in [0.4, 0.5) is 10.5 Å². The highest BCUT2D eigenvalue weighted by Crippen LogP contribution is 2.40. The molecule has 160 valence electrons. The van der Waals surface area contributed by atoms with Crippen LogP contribution >= 0.6 is 0 Å². The maximum absolute atomic E-state index is 12.6. The van der Waals surface area contributed by atoms with Crippen LogP contribution in [0.2, 0.25) is 0 Å². The van der Waals surface area contributed by atoms with Gasteiger partial charge >= 0.3 is 6.09 Å². The standard InChI is InChI=1S/C22H33N3O4/c1-22(2,3)17-6-4-16(5-7-17)20(26)23-18-8-10-19(11-9-18)29-21(27)24-25-12-14-28-15-13-25/h8-11,16-17H,4-7,12-15H2,1-3H3,(H,23,26)(H,24,27). The average Bonchev–Trinajstić information content (AvgIpc) is 2.69. The second-order valence-corrected chi connectivity index (χ2v) is 9.03. The molecule has 1 aromatic carbocycles. The Balaban J connectivity index is 1.44. The van der Waals surface area contributed by atoms with Crippen molar-refractivity contribution in [2.75, 3.05) is 31.6 Å². The molecule has 0 atom stereocenters. The fraction of sp³-hybridized carbons (Fsp3) is 0.636. The third-order valence-electron chi connectivity index (χ3n) is 5.92. The SMILES string of the molecule is CC(C)(C)C1CCC(C(=O)Nc2ccc(OC(=O)NN3CCOCC3)cc2)CC1. The van der Waals surface area contributed by atoms with Crippen LogP contribution in [-0.4, -0.2) is 43.3 Å². The van der Waals surface area contributed by atoms with Gasteiger partial charge in [-0.05, 0) is 61.3 Å². The zero-order valence-electron chi connectivity index (χ0n) is 17.7. The monoisotopic (exact) mass is 403 g/mol. The summed E-state index contributed by atoms with van der Waals surface area (Å²) >= 11 is 0. The van der Waals surface area contributed by atoms with Gasteiger partial charge in [0.1, 0.15) is 5.75 Å². The fourth-order valence-electron chi connectivity index (χ4n) is 4.01. The van der Waals surface area contributed by atoms with Crippen molar-refractivity contribution in [1.82, 2.24) is 10.4 Å². The predicted molar refractivity (Wildman–Crippen MR) is 112 cm³/mol. The first kappa shape index (κ1) is 21.6. The van der Waals surface area contributed by atoms with Crippen molar-refractivity contribution < 1.29 is 19.1 Å². The Morgan fingerprint density at radius 2 is 1.66 bits per heavy atom. The Labute approximate surface area is 173 Å². The van der Waals surface area contributed by atoms with E-state index in [2.05, 4.69) is 31.5 Å². The van der Waals surface area contributed by atoms with Crippen molar-refractivity contribution in [2.45, 2.75) is 46.5 Å². The average molecular weight is 404 g/mol. The van der Waals surface area contributed by atoms with Gasteiger partial charge in [0.05, 0.1) is 13.2 Å². The minimum Gasteiger partial charge on any atom is -0.409 e. The number of benzene rings is 1. The number of hydrogen-bond acceptors (Lipinski definition) is 5. The number of amides is 2. The highest BCUT2D eigenvalue weighted by Gasteiger charge is 2.32. The molecule has 1 saturated heterocycles. The zero-order valence-corrected chi connectivity index (χ0v) is 17.7. The smallest absolute Gasteiger partial charge is 0.409 e. The maximum atomic E-state index is 12.6. The third kappa shape index (κ3) is 6.44. The molecule has 2 N–H and O–H groups in total. The van der Waals surface area contributed by atoms with Crippen molar-refractivity contribution >= 4 is 17.7 Å². The number of nitrogens with zero attached hydrogens (tertiary/aromatic N) is 1. The Bertz CT molecular complexity index is 685. The van der Waals surface area contributed by atoms with Gasteiger partial charge in [0.15, 0.2) is 0 Å². The molecule has 29 heavy (non-hydrogen) atoms. The summed E-state index contributed by atoms with van der Waals surface area (Å²) in [7, 11) is 0. The molecular weight excluding hydrogens is 370 g/mol. The van der Waals surface area contributed by atoms with Gasteiger partial charge in [0.2, 0.25) is 5.91 Å². The summed E-state index contributed by atoms with van der Waals surface area (Å²) in [6.07, 6.45) is 3.56. The summed E-state index contributed by atoms with van der Waals surface area (Å²) in [4.78, 5) is 24.5. The second kappa shape index (κ2) is 9.59. The number of anilines is 1. The molecule has 7 heteroatoms. The van der Waals surface area contributed by atoms with Crippen LogP contribution in [0.15, 0.2) is 24.3 Å². The van der Waals surface area contributed by atoms with Gasteiger partial charge in [0, 0.05) is 24.7 Å². The number of morpholine rings is 1. The number of hydrazine groups is 1. The predicted octanol–water partition coefficient (Wildman–Crippen LogP) is 3.81. The van der Waals surface area contributed by atoms with Crippen LogP contribution in [0.5, 0.6) is 5.75 Å². The van der Waals surface area contributed by atoms with Crippen LogP contribution in [0.1, 0.15) is 46.5 Å². The van der Waals surface area contributed by atoms with Gasteiger partial charge in [-0.2, -0.15) is 0 Å². The fourth-order valence-corrected chi connectivity index (χ4v) is 4.01. The molecular formula is C22H33N3O4. The van der Waals surface area contributed by atoms with Crippen molar-refractivity contribution in [2.24, 2.45) is 17.3 Å². The summed E-state index contributed by atoms with van der Waals surface area (Å²) in [6.45, 7) is 9.29. The number of rotatable bonds is 4. The number of nitrogens with one attached hydrogen (secondary N) is 2. The lowest BCUT2D eigenvalue weighted by atomic mass is 9.69. The molecule has 0 aromatic heterocycles. The molecule has 1 aromatic rings. The highest BCUT2D eigenvalue weighted by atomic mass is 16.6. The lowest BCUT2D eigenvalue weighted by Gasteiger charge is -2.36. The van der Waals surface area contributed by atoms with Gasteiger partial charge in [-0.1, -0.05) is 20.8 Å². The Hall–Kier alpha value is -2.12. The van der Waals surface area contributed by atoms with Gasteiger partial charge in [-0.15, -0.1) is 0 Å². The minimum absolute atomic E-state index is 0.0730. The van der Waals surface area contributed by atoms with E-state index < -0.39 is 6.09 Å². The maximum Gasteiger partial charge on any atom is 0.427 e. The van der Waals surface area contributed by atoms with Gasteiger partial charge in [-0.3, -0.25) is 10.2 Å². The molecule has 2 fully saturated rings. The topological polar surface area (TPSA) is 79.9 Å². The Kier molecular flexibility index (Phi) is 7.14. The molecule has 0 radical (unpaired) electrons. The molecule has 2 aliphatic rings. The minimum atomic E-state index is -0.528. The van der Waals surface area contributed by atoms with Gasteiger partial charge in [-0.25, -0.2) is 9.80 Å². The summed E-state index contributed by atoms with van der Waals surface area (Å²) in [6, 6.07) is 6.89. The van der Waals surface area contributed by atoms with Crippen molar-refractivity contribution in [3.63, 3.8) is 0 Å². The summed E-state index contributed by atoms with van der Waals surface area (Å²) in [5, 5.41) is 4.77. The number of carbonyl (C=O) groups is 2. The van der Waals surface area contributed by atoms with Gasteiger partial charge < -0.3 is 14.8 Å². The molecule has 0 bridgehead atoms. The quantitative estimate of drug-likeness (QED) is 0.799. The molecule has 1 aliphatic heterocycles. The van der Waals surface area contributed by atoms with Crippen molar-refractivity contribution in [1.29, 1.82) is 0 Å². The van der Waals surface area contributed by atoms with E-state index in [0.29, 0.717) is 49.1 Å². The Morgan fingerprint density at radius 1 is 1.03 bits per heavy atom. The van der Waals surface area contributed by atoms with E-state index in [0.717, 1.165) is 25.7 Å². The van der Waals surface area contributed by atoms with Crippen molar-refractivity contribution in [3.05, 3.63) is 24.3 Å². The second-order valence-electron chi connectivity index (χ2n) is 9.03. The van der Waals surface area contributed by atoms with E-state index in [4.69, 9.17) is 9.47 Å².